The van der Waals surface area contributed by atoms with Crippen molar-refractivity contribution >= 4 is 17.7 Å². The van der Waals surface area contributed by atoms with E-state index in [1.54, 1.807) is 36.2 Å². The second kappa shape index (κ2) is 7.28. The number of rotatable bonds is 5. The van der Waals surface area contributed by atoms with E-state index in [1.807, 2.05) is 48.7 Å². The van der Waals surface area contributed by atoms with Crippen molar-refractivity contribution < 1.29 is 9.53 Å². The fourth-order valence-electron chi connectivity index (χ4n) is 2.24. The second-order valence-corrected chi connectivity index (χ2v) is 5.08. The lowest BCUT2D eigenvalue weighted by Gasteiger charge is -2.07. The molecule has 0 spiro atoms. The molecule has 0 fully saturated rings. The number of ether oxygens (including phenoxy) is 1. The molecule has 0 atom stereocenters. The molecule has 0 unspecified atom stereocenters. The Bertz CT molecular complexity index is 854. The van der Waals surface area contributed by atoms with Gasteiger partial charge in [-0.15, -0.1) is 0 Å². The molecule has 1 heterocycles. The van der Waals surface area contributed by atoms with Crippen LogP contribution >= 0.6 is 0 Å². The van der Waals surface area contributed by atoms with Crippen molar-refractivity contribution in [2.45, 2.75) is 0 Å². The highest BCUT2D eigenvalue weighted by atomic mass is 16.5. The van der Waals surface area contributed by atoms with E-state index in [2.05, 4.69) is 10.4 Å². The van der Waals surface area contributed by atoms with Crippen LogP contribution in [0.3, 0.4) is 0 Å². The highest BCUT2D eigenvalue weighted by Gasteiger charge is 2.04. The zero-order valence-electron chi connectivity index (χ0n) is 13.2. The van der Waals surface area contributed by atoms with E-state index in [4.69, 9.17) is 4.74 Å². The maximum atomic E-state index is 12.1. The average Bonchev–Trinajstić information content (AvgIpc) is 3.10. The zero-order valence-corrected chi connectivity index (χ0v) is 13.2. The monoisotopic (exact) mass is 319 g/mol. The molecule has 3 rings (SSSR count). The smallest absolute Gasteiger partial charge is 0.248 e. The first-order chi connectivity index (χ1) is 11.8. The van der Waals surface area contributed by atoms with Crippen LogP contribution in [0.5, 0.6) is 5.75 Å². The standard InChI is InChI=1S/C19H17N3O2/c1-24-18-10-6-5-9-17(18)21-19(23)12-11-15-13-20-22(14-15)16-7-3-2-4-8-16/h2-14H,1H3,(H,21,23). The van der Waals surface area contributed by atoms with Gasteiger partial charge >= 0.3 is 0 Å². The predicted molar refractivity (Wildman–Crippen MR) is 94.2 cm³/mol. The second-order valence-electron chi connectivity index (χ2n) is 5.08. The van der Waals surface area contributed by atoms with Crippen LogP contribution in [0.1, 0.15) is 5.56 Å². The Hall–Kier alpha value is -3.34. The van der Waals surface area contributed by atoms with E-state index >= 15 is 0 Å². The predicted octanol–water partition coefficient (Wildman–Crippen LogP) is 3.53. The van der Waals surface area contributed by atoms with E-state index in [-0.39, 0.29) is 5.91 Å². The van der Waals surface area contributed by atoms with Gasteiger partial charge in [-0.25, -0.2) is 4.68 Å². The van der Waals surface area contributed by atoms with Gasteiger partial charge in [-0.05, 0) is 30.3 Å². The third-order valence-electron chi connectivity index (χ3n) is 3.42. The van der Waals surface area contributed by atoms with Crippen molar-refractivity contribution in [1.82, 2.24) is 9.78 Å². The summed E-state index contributed by atoms with van der Waals surface area (Å²) >= 11 is 0. The van der Waals surface area contributed by atoms with Gasteiger partial charge in [0.15, 0.2) is 0 Å². The molecule has 1 amide bonds. The van der Waals surface area contributed by atoms with Crippen LogP contribution in [0.4, 0.5) is 5.69 Å². The lowest BCUT2D eigenvalue weighted by molar-refractivity contribution is -0.111. The Morgan fingerprint density at radius 1 is 1.12 bits per heavy atom. The van der Waals surface area contributed by atoms with Crippen LogP contribution in [0.25, 0.3) is 11.8 Å². The maximum Gasteiger partial charge on any atom is 0.248 e. The number of benzene rings is 2. The van der Waals surface area contributed by atoms with E-state index in [9.17, 15) is 4.79 Å². The zero-order chi connectivity index (χ0) is 16.8. The van der Waals surface area contributed by atoms with Crippen LogP contribution < -0.4 is 10.1 Å². The molecule has 120 valence electrons. The molecular weight excluding hydrogens is 302 g/mol. The number of amides is 1. The van der Waals surface area contributed by atoms with Gasteiger partial charge in [0, 0.05) is 17.8 Å². The van der Waals surface area contributed by atoms with Gasteiger partial charge in [0.05, 0.1) is 24.7 Å². The summed E-state index contributed by atoms with van der Waals surface area (Å²) in [6.45, 7) is 0. The molecule has 0 saturated heterocycles. The van der Waals surface area contributed by atoms with E-state index < -0.39 is 0 Å². The molecule has 0 aliphatic rings. The number of para-hydroxylation sites is 3. The van der Waals surface area contributed by atoms with E-state index in [0.717, 1.165) is 11.3 Å². The number of carbonyl (C=O) groups excluding carboxylic acids is 1. The van der Waals surface area contributed by atoms with E-state index in [0.29, 0.717) is 11.4 Å². The average molecular weight is 319 g/mol. The molecule has 1 N–H and O–H groups in total. The summed E-state index contributed by atoms with van der Waals surface area (Å²) in [7, 11) is 1.57. The lowest BCUT2D eigenvalue weighted by atomic mass is 10.2. The Kier molecular flexibility index (Phi) is 4.72. The minimum atomic E-state index is -0.230. The van der Waals surface area contributed by atoms with Gasteiger partial charge in [0.1, 0.15) is 5.75 Å². The molecule has 0 radical (unpaired) electrons. The fraction of sp³-hybridized carbons (Fsp3) is 0.0526. The first kappa shape index (κ1) is 15.6. The third kappa shape index (κ3) is 3.70. The van der Waals surface area contributed by atoms with Gasteiger partial charge in [0.25, 0.3) is 0 Å². The van der Waals surface area contributed by atoms with Gasteiger partial charge < -0.3 is 10.1 Å². The topological polar surface area (TPSA) is 56.1 Å². The highest BCUT2D eigenvalue weighted by Crippen LogP contribution is 2.22. The van der Waals surface area contributed by atoms with Crippen molar-refractivity contribution in [3.63, 3.8) is 0 Å². The number of carbonyl (C=O) groups is 1. The number of aromatic nitrogens is 2. The number of anilines is 1. The summed E-state index contributed by atoms with van der Waals surface area (Å²) < 4.78 is 6.97. The number of nitrogens with zero attached hydrogens (tertiary/aromatic N) is 2. The van der Waals surface area contributed by atoms with Crippen molar-refractivity contribution in [1.29, 1.82) is 0 Å². The van der Waals surface area contributed by atoms with Crippen LogP contribution in [0, 0.1) is 0 Å². The molecule has 2 aromatic carbocycles. The van der Waals surface area contributed by atoms with Crippen LogP contribution in [-0.2, 0) is 4.79 Å². The summed E-state index contributed by atoms with van der Waals surface area (Å²) in [6.07, 6.45) is 6.76. The van der Waals surface area contributed by atoms with Gasteiger partial charge in [0.2, 0.25) is 5.91 Å². The van der Waals surface area contributed by atoms with Crippen LogP contribution in [0.2, 0.25) is 0 Å². The number of hydrogen-bond donors (Lipinski definition) is 1. The number of nitrogens with one attached hydrogen (secondary N) is 1. The molecule has 0 saturated carbocycles. The van der Waals surface area contributed by atoms with E-state index in [1.165, 1.54) is 6.08 Å². The lowest BCUT2D eigenvalue weighted by Crippen LogP contribution is -2.08. The quantitative estimate of drug-likeness (QED) is 0.732. The molecule has 0 bridgehead atoms. The van der Waals surface area contributed by atoms with Crippen LogP contribution in [-0.4, -0.2) is 22.8 Å². The van der Waals surface area contributed by atoms with Crippen molar-refractivity contribution in [3.8, 4) is 11.4 Å². The fourth-order valence-corrected chi connectivity index (χ4v) is 2.24. The Morgan fingerprint density at radius 3 is 2.67 bits per heavy atom. The Balaban J connectivity index is 1.68. The molecule has 1 aromatic heterocycles. The van der Waals surface area contributed by atoms with Gasteiger partial charge in [-0.1, -0.05) is 30.3 Å². The summed E-state index contributed by atoms with van der Waals surface area (Å²) in [6, 6.07) is 17.1. The van der Waals surface area contributed by atoms with Crippen molar-refractivity contribution in [2.24, 2.45) is 0 Å². The molecular formula is C19H17N3O2. The number of hydrogen-bond acceptors (Lipinski definition) is 3. The molecule has 0 aliphatic carbocycles. The first-order valence-electron chi connectivity index (χ1n) is 7.48. The van der Waals surface area contributed by atoms with Gasteiger partial charge in [-0.3, -0.25) is 4.79 Å². The third-order valence-corrected chi connectivity index (χ3v) is 3.42. The Labute approximate surface area is 140 Å². The van der Waals surface area contributed by atoms with Crippen molar-refractivity contribution in [2.75, 3.05) is 12.4 Å². The molecule has 5 nitrogen and oxygen atoms in total. The molecule has 5 heteroatoms. The normalized spacial score (nSPS) is 10.7. The summed E-state index contributed by atoms with van der Waals surface area (Å²) in [5.41, 5.74) is 2.44. The van der Waals surface area contributed by atoms with Gasteiger partial charge in [-0.2, -0.15) is 5.10 Å². The SMILES string of the molecule is COc1ccccc1NC(=O)C=Cc1cnn(-c2ccccc2)c1. The largest absolute Gasteiger partial charge is 0.495 e. The Morgan fingerprint density at radius 2 is 1.88 bits per heavy atom. The minimum Gasteiger partial charge on any atom is -0.495 e. The molecule has 0 aliphatic heterocycles. The summed E-state index contributed by atoms with van der Waals surface area (Å²) in [5, 5.41) is 7.08. The minimum absolute atomic E-state index is 0.230. The maximum absolute atomic E-state index is 12.1. The highest BCUT2D eigenvalue weighted by molar-refractivity contribution is 6.02. The van der Waals surface area contributed by atoms with Crippen LogP contribution in [0.15, 0.2) is 73.1 Å². The number of methoxy groups -OCH3 is 1. The summed E-state index contributed by atoms with van der Waals surface area (Å²) in [4.78, 5) is 12.1. The summed E-state index contributed by atoms with van der Waals surface area (Å²) in [5.74, 6) is 0.392. The van der Waals surface area contributed by atoms with Crippen molar-refractivity contribution in [3.05, 3.63) is 78.6 Å². The molecule has 3 aromatic rings. The first-order valence-corrected chi connectivity index (χ1v) is 7.48. The molecule has 24 heavy (non-hydrogen) atoms.